The summed E-state index contributed by atoms with van der Waals surface area (Å²) in [7, 11) is 0. The Balaban J connectivity index is 1.77. The van der Waals surface area contributed by atoms with Gasteiger partial charge in [0.1, 0.15) is 0 Å². The highest BCUT2D eigenvalue weighted by atomic mass is 32.1. The van der Waals surface area contributed by atoms with E-state index < -0.39 is 11.9 Å². The van der Waals surface area contributed by atoms with E-state index >= 15 is 0 Å². The van der Waals surface area contributed by atoms with Crippen LogP contribution in [-0.2, 0) is 6.18 Å². The molecule has 0 fully saturated rings. The molecule has 4 aromatic rings. The van der Waals surface area contributed by atoms with Gasteiger partial charge in [0.25, 0.3) is 0 Å². The van der Waals surface area contributed by atoms with Gasteiger partial charge in [-0.15, -0.1) is 0 Å². The third-order valence-corrected chi connectivity index (χ3v) is 4.55. The number of benzene rings is 2. The van der Waals surface area contributed by atoms with Gasteiger partial charge in [0, 0.05) is 5.56 Å². The minimum atomic E-state index is -4.57. The van der Waals surface area contributed by atoms with Crippen LogP contribution in [0.5, 0.6) is 0 Å². The Hall–Kier alpha value is -3.00. The molecule has 2 aromatic carbocycles. The Labute approximate surface area is 150 Å². The third kappa shape index (κ3) is 3.36. The maximum atomic E-state index is 13.2. The van der Waals surface area contributed by atoms with Crippen molar-refractivity contribution in [1.29, 1.82) is 0 Å². The molecule has 1 N–H and O–H groups in total. The number of thiazole rings is 1. The van der Waals surface area contributed by atoms with Crippen LogP contribution in [0, 0.1) is 0 Å². The molecule has 0 saturated carbocycles. The number of alkyl halides is 3. The molecule has 8 heteroatoms. The second kappa shape index (κ2) is 6.38. The predicted octanol–water partition coefficient (Wildman–Crippen LogP) is 5.52. The van der Waals surface area contributed by atoms with E-state index in [0.29, 0.717) is 10.7 Å². The number of aromatic nitrogens is 3. The molecule has 2 heterocycles. The number of fused-ring (bicyclic) bond motifs is 1. The van der Waals surface area contributed by atoms with Gasteiger partial charge in [-0.25, -0.2) is 15.0 Å². The van der Waals surface area contributed by atoms with E-state index in [1.807, 2.05) is 24.3 Å². The molecule has 0 radical (unpaired) electrons. The number of hydrogen-bond donors (Lipinski definition) is 1. The number of para-hydroxylation sites is 1. The van der Waals surface area contributed by atoms with Crippen molar-refractivity contribution in [2.75, 3.05) is 5.32 Å². The lowest BCUT2D eigenvalue weighted by atomic mass is 10.1. The lowest BCUT2D eigenvalue weighted by molar-refractivity contribution is -0.141. The molecule has 2 aromatic heterocycles. The third-order valence-electron chi connectivity index (χ3n) is 3.60. The molecule has 4 nitrogen and oxygen atoms in total. The molecular weight excluding hydrogens is 361 g/mol. The summed E-state index contributed by atoms with van der Waals surface area (Å²) in [5.41, 5.74) is 0.523. The van der Waals surface area contributed by atoms with Gasteiger partial charge < -0.3 is 0 Å². The fourth-order valence-electron chi connectivity index (χ4n) is 2.43. The Morgan fingerprint density at radius 1 is 0.846 bits per heavy atom. The molecule has 0 unspecified atom stereocenters. The van der Waals surface area contributed by atoms with Gasteiger partial charge >= 0.3 is 6.18 Å². The van der Waals surface area contributed by atoms with Crippen molar-refractivity contribution in [2.45, 2.75) is 6.18 Å². The summed E-state index contributed by atoms with van der Waals surface area (Å²) in [5, 5.41) is 3.24. The Bertz CT molecular complexity index is 1030. The highest BCUT2D eigenvalue weighted by Gasteiger charge is 2.34. The molecule has 130 valence electrons. The van der Waals surface area contributed by atoms with Crippen molar-refractivity contribution >= 4 is 32.6 Å². The van der Waals surface area contributed by atoms with Crippen LogP contribution < -0.4 is 5.32 Å². The van der Waals surface area contributed by atoms with Gasteiger partial charge in [-0.1, -0.05) is 53.8 Å². The summed E-state index contributed by atoms with van der Waals surface area (Å²) in [4.78, 5) is 12.2. The van der Waals surface area contributed by atoms with Crippen LogP contribution >= 0.6 is 11.3 Å². The Morgan fingerprint density at radius 2 is 1.58 bits per heavy atom. The van der Waals surface area contributed by atoms with Crippen molar-refractivity contribution in [3.05, 3.63) is 66.4 Å². The van der Waals surface area contributed by atoms with Crippen LogP contribution in [-0.4, -0.2) is 15.0 Å². The first-order chi connectivity index (χ1) is 12.5. The molecule has 0 aliphatic rings. The molecule has 0 aliphatic carbocycles. The summed E-state index contributed by atoms with van der Waals surface area (Å²) in [5.74, 6) is -0.141. The monoisotopic (exact) mass is 372 g/mol. The van der Waals surface area contributed by atoms with E-state index in [0.717, 1.165) is 16.3 Å². The second-order valence-corrected chi connectivity index (χ2v) is 6.47. The average molecular weight is 372 g/mol. The van der Waals surface area contributed by atoms with Gasteiger partial charge in [0.05, 0.1) is 15.9 Å². The van der Waals surface area contributed by atoms with Crippen molar-refractivity contribution in [1.82, 2.24) is 15.0 Å². The topological polar surface area (TPSA) is 50.7 Å². The standard InChI is InChI=1S/C18H11F3N4S/c19-18(20,21)15-10-13(11-6-2-1-3-7-11)22-16(24-15)25-17-23-12-8-4-5-9-14(12)26-17/h1-10H,(H,22,23,24,25). The highest BCUT2D eigenvalue weighted by molar-refractivity contribution is 7.22. The fraction of sp³-hybridized carbons (Fsp3) is 0.0556. The van der Waals surface area contributed by atoms with Crippen LogP contribution in [0.1, 0.15) is 5.69 Å². The highest BCUT2D eigenvalue weighted by Crippen LogP contribution is 2.32. The zero-order valence-corrected chi connectivity index (χ0v) is 14.0. The molecule has 0 aliphatic heterocycles. The quantitative estimate of drug-likeness (QED) is 0.515. The number of halogens is 3. The lowest BCUT2D eigenvalue weighted by Gasteiger charge is -2.10. The summed E-state index contributed by atoms with van der Waals surface area (Å²) in [6.45, 7) is 0. The fourth-order valence-corrected chi connectivity index (χ4v) is 3.29. The summed E-state index contributed by atoms with van der Waals surface area (Å²) in [6.07, 6.45) is -4.57. The van der Waals surface area contributed by atoms with Crippen LogP contribution in [0.15, 0.2) is 60.7 Å². The zero-order valence-electron chi connectivity index (χ0n) is 13.2. The van der Waals surface area contributed by atoms with Crippen LogP contribution in [0.25, 0.3) is 21.5 Å². The van der Waals surface area contributed by atoms with Crippen molar-refractivity contribution < 1.29 is 13.2 Å². The maximum Gasteiger partial charge on any atom is 0.433 e. The molecule has 0 bridgehead atoms. The Morgan fingerprint density at radius 3 is 2.31 bits per heavy atom. The van der Waals surface area contributed by atoms with Crippen molar-refractivity contribution in [3.8, 4) is 11.3 Å². The number of hydrogen-bond acceptors (Lipinski definition) is 5. The van der Waals surface area contributed by atoms with Gasteiger partial charge in [0.15, 0.2) is 10.8 Å². The van der Waals surface area contributed by atoms with Gasteiger partial charge in [-0.2, -0.15) is 13.2 Å². The van der Waals surface area contributed by atoms with Gasteiger partial charge in [-0.05, 0) is 18.2 Å². The molecule has 26 heavy (non-hydrogen) atoms. The minimum Gasteiger partial charge on any atom is -0.300 e. The summed E-state index contributed by atoms with van der Waals surface area (Å²) >= 11 is 1.32. The molecule has 0 spiro atoms. The number of nitrogens with one attached hydrogen (secondary N) is 1. The number of nitrogens with zero attached hydrogens (tertiary/aromatic N) is 3. The molecule has 0 saturated heterocycles. The maximum absolute atomic E-state index is 13.2. The zero-order chi connectivity index (χ0) is 18.1. The van der Waals surface area contributed by atoms with E-state index in [2.05, 4.69) is 20.3 Å². The molecule has 4 rings (SSSR count). The molecule has 0 atom stereocenters. The largest absolute Gasteiger partial charge is 0.433 e. The second-order valence-electron chi connectivity index (χ2n) is 5.44. The first-order valence-corrected chi connectivity index (χ1v) is 8.45. The smallest absolute Gasteiger partial charge is 0.300 e. The normalized spacial score (nSPS) is 11.7. The van der Waals surface area contributed by atoms with Gasteiger partial charge in [0.2, 0.25) is 5.95 Å². The van der Waals surface area contributed by atoms with Crippen molar-refractivity contribution in [3.63, 3.8) is 0 Å². The van der Waals surface area contributed by atoms with Crippen LogP contribution in [0.4, 0.5) is 24.3 Å². The first kappa shape index (κ1) is 16.5. The molecule has 0 amide bonds. The van der Waals surface area contributed by atoms with Crippen molar-refractivity contribution in [2.24, 2.45) is 0 Å². The predicted molar refractivity (Wildman–Crippen MR) is 95.4 cm³/mol. The van der Waals surface area contributed by atoms with Crippen LogP contribution in [0.2, 0.25) is 0 Å². The lowest BCUT2D eigenvalue weighted by Crippen LogP contribution is -2.11. The Kier molecular flexibility index (Phi) is 4.04. The van der Waals surface area contributed by atoms with Crippen LogP contribution in [0.3, 0.4) is 0 Å². The van der Waals surface area contributed by atoms with E-state index in [9.17, 15) is 13.2 Å². The first-order valence-electron chi connectivity index (χ1n) is 7.63. The van der Waals surface area contributed by atoms with E-state index in [1.54, 1.807) is 30.3 Å². The van der Waals surface area contributed by atoms with E-state index in [4.69, 9.17) is 0 Å². The molecular formula is C18H11F3N4S. The SMILES string of the molecule is FC(F)(F)c1cc(-c2ccccc2)nc(Nc2nc3ccccc3s2)n1. The van der Waals surface area contributed by atoms with E-state index in [-0.39, 0.29) is 11.6 Å². The summed E-state index contributed by atoms with van der Waals surface area (Å²) in [6, 6.07) is 17.1. The number of rotatable bonds is 3. The summed E-state index contributed by atoms with van der Waals surface area (Å²) < 4.78 is 40.6. The van der Waals surface area contributed by atoms with Gasteiger partial charge in [-0.3, -0.25) is 5.32 Å². The minimum absolute atomic E-state index is 0.141. The number of anilines is 2. The average Bonchev–Trinajstić information content (AvgIpc) is 3.03. The van der Waals surface area contributed by atoms with E-state index in [1.165, 1.54) is 11.3 Å².